The number of pyridine rings is 1. The van der Waals surface area contributed by atoms with Crippen molar-refractivity contribution in [3.8, 4) is 0 Å². The van der Waals surface area contributed by atoms with E-state index in [0.717, 1.165) is 18.2 Å². The van der Waals surface area contributed by atoms with Gasteiger partial charge in [0.25, 0.3) is 0 Å². The molecule has 0 fully saturated rings. The molecule has 2 aromatic rings. The number of aromatic nitrogens is 1. The van der Waals surface area contributed by atoms with Crippen molar-refractivity contribution in [1.82, 2.24) is 4.98 Å². The van der Waals surface area contributed by atoms with E-state index in [-0.39, 0.29) is 0 Å². The molecular formula is C17H12F3NO2. The summed E-state index contributed by atoms with van der Waals surface area (Å²) in [6.07, 6.45) is 2.51. The molecule has 1 aromatic heterocycles. The second-order valence-electron chi connectivity index (χ2n) is 4.59. The highest BCUT2D eigenvalue weighted by Gasteiger charge is 2.30. The molecule has 0 saturated heterocycles. The van der Waals surface area contributed by atoms with Gasteiger partial charge in [-0.2, -0.15) is 13.2 Å². The van der Waals surface area contributed by atoms with E-state index < -0.39 is 17.7 Å². The highest BCUT2D eigenvalue weighted by molar-refractivity contribution is 5.83. The van der Waals surface area contributed by atoms with E-state index in [1.165, 1.54) is 24.3 Å². The number of nitrogens with zero attached hydrogens (tertiary/aromatic N) is 1. The van der Waals surface area contributed by atoms with Crippen molar-refractivity contribution >= 4 is 11.5 Å². The zero-order valence-electron chi connectivity index (χ0n) is 11.8. The summed E-state index contributed by atoms with van der Waals surface area (Å²) in [4.78, 5) is 14.5. The molecule has 0 aliphatic rings. The lowest BCUT2D eigenvalue weighted by Gasteiger charge is -2.10. The molecule has 0 unspecified atom stereocenters. The van der Waals surface area contributed by atoms with Gasteiger partial charge in [-0.05, 0) is 29.3 Å². The minimum absolute atomic E-state index is 0.529. The molecule has 6 heteroatoms. The van der Waals surface area contributed by atoms with E-state index in [0.29, 0.717) is 16.7 Å². The van der Waals surface area contributed by atoms with Crippen molar-refractivity contribution in [1.29, 1.82) is 0 Å². The average Bonchev–Trinajstić information content (AvgIpc) is 2.51. The first-order valence-corrected chi connectivity index (χ1v) is 6.57. The van der Waals surface area contributed by atoms with Crippen molar-refractivity contribution in [2.45, 2.75) is 6.18 Å². The van der Waals surface area contributed by atoms with Gasteiger partial charge in [-0.1, -0.05) is 30.4 Å². The predicted octanol–water partition coefficient (Wildman–Crippen LogP) is 4.17. The zero-order chi connectivity index (χ0) is 16.9. The van der Waals surface area contributed by atoms with Crippen LogP contribution in [0.4, 0.5) is 13.2 Å². The van der Waals surface area contributed by atoms with Gasteiger partial charge in [0.15, 0.2) is 0 Å². The molecule has 23 heavy (non-hydrogen) atoms. The van der Waals surface area contributed by atoms with Crippen LogP contribution in [0.3, 0.4) is 0 Å². The van der Waals surface area contributed by atoms with E-state index >= 15 is 0 Å². The fourth-order valence-corrected chi connectivity index (χ4v) is 1.95. The Morgan fingerprint density at radius 3 is 2.30 bits per heavy atom. The Kier molecular flexibility index (Phi) is 4.95. The Balaban J connectivity index is 2.44. The number of benzene rings is 1. The zero-order valence-corrected chi connectivity index (χ0v) is 11.8. The second kappa shape index (κ2) is 6.91. The summed E-state index contributed by atoms with van der Waals surface area (Å²) in [5, 5.41) is 8.64. The number of carboxylic acids is 1. The standard InChI is InChI=1S/C17H12F3NO2/c18-17(19,20)14-8-6-12(7-9-14)15(4-1-5-16(22)23)13-3-2-10-21-11-13/h1-11H,(H,22,23)/b5-1+,15-4-. The third kappa shape index (κ3) is 4.54. The topological polar surface area (TPSA) is 50.2 Å². The number of carbonyl (C=O) groups is 1. The lowest BCUT2D eigenvalue weighted by atomic mass is 9.97. The Morgan fingerprint density at radius 1 is 1.09 bits per heavy atom. The second-order valence-corrected chi connectivity index (χ2v) is 4.59. The van der Waals surface area contributed by atoms with Crippen LogP contribution in [0.5, 0.6) is 0 Å². The SMILES string of the molecule is O=C(O)/C=C/C=C(/c1ccc(C(F)(F)F)cc1)c1cccnc1. The van der Waals surface area contributed by atoms with Gasteiger partial charge < -0.3 is 5.11 Å². The Hall–Kier alpha value is -2.89. The summed E-state index contributed by atoms with van der Waals surface area (Å²) < 4.78 is 37.9. The Bertz CT molecular complexity index is 733. The minimum Gasteiger partial charge on any atom is -0.478 e. The molecule has 0 radical (unpaired) electrons. The summed E-state index contributed by atoms with van der Waals surface area (Å²) in [6, 6.07) is 8.09. The van der Waals surface area contributed by atoms with Gasteiger partial charge in [0, 0.05) is 24.0 Å². The van der Waals surface area contributed by atoms with Crippen LogP contribution in [0, 0.1) is 0 Å². The number of aliphatic carboxylic acids is 1. The number of hydrogen-bond donors (Lipinski definition) is 1. The molecule has 0 aliphatic carbocycles. The molecule has 1 N–H and O–H groups in total. The van der Waals surface area contributed by atoms with Gasteiger partial charge >= 0.3 is 12.1 Å². The van der Waals surface area contributed by atoms with Gasteiger partial charge in [0.1, 0.15) is 0 Å². The monoisotopic (exact) mass is 319 g/mol. The van der Waals surface area contributed by atoms with Crippen molar-refractivity contribution in [3.63, 3.8) is 0 Å². The molecular weight excluding hydrogens is 307 g/mol. The van der Waals surface area contributed by atoms with E-state index in [1.807, 2.05) is 0 Å². The first-order chi connectivity index (χ1) is 10.9. The summed E-state index contributed by atoms with van der Waals surface area (Å²) in [6.45, 7) is 0. The molecule has 3 nitrogen and oxygen atoms in total. The molecule has 0 atom stereocenters. The highest BCUT2D eigenvalue weighted by Crippen LogP contribution is 2.31. The Morgan fingerprint density at radius 2 is 1.78 bits per heavy atom. The summed E-state index contributed by atoms with van der Waals surface area (Å²) >= 11 is 0. The molecule has 118 valence electrons. The summed E-state index contributed by atoms with van der Waals surface area (Å²) in [5.41, 5.74) is 1.03. The molecule has 0 bridgehead atoms. The summed E-state index contributed by atoms with van der Waals surface area (Å²) in [5.74, 6) is -1.11. The third-order valence-electron chi connectivity index (χ3n) is 3.00. The van der Waals surface area contributed by atoms with Crippen LogP contribution >= 0.6 is 0 Å². The fraction of sp³-hybridized carbons (Fsp3) is 0.0588. The molecule has 2 rings (SSSR count). The van der Waals surface area contributed by atoms with Gasteiger partial charge in [-0.25, -0.2) is 4.79 Å². The van der Waals surface area contributed by atoms with Crippen LogP contribution in [0.2, 0.25) is 0 Å². The fourth-order valence-electron chi connectivity index (χ4n) is 1.95. The highest BCUT2D eigenvalue weighted by atomic mass is 19.4. The molecule has 1 heterocycles. The van der Waals surface area contributed by atoms with Crippen LogP contribution in [-0.4, -0.2) is 16.1 Å². The Labute approximate surface area is 130 Å². The number of hydrogen-bond acceptors (Lipinski definition) is 2. The van der Waals surface area contributed by atoms with Crippen LogP contribution in [0.25, 0.3) is 5.57 Å². The predicted molar refractivity (Wildman–Crippen MR) is 79.5 cm³/mol. The maximum absolute atomic E-state index is 12.6. The van der Waals surface area contributed by atoms with Crippen LogP contribution in [0.1, 0.15) is 16.7 Å². The van der Waals surface area contributed by atoms with Crippen LogP contribution in [-0.2, 0) is 11.0 Å². The van der Waals surface area contributed by atoms with E-state index in [1.54, 1.807) is 24.5 Å². The number of allylic oxidation sites excluding steroid dienone is 2. The van der Waals surface area contributed by atoms with E-state index in [9.17, 15) is 18.0 Å². The van der Waals surface area contributed by atoms with E-state index in [2.05, 4.69) is 4.98 Å². The van der Waals surface area contributed by atoms with Crippen LogP contribution in [0.15, 0.2) is 67.0 Å². The lowest BCUT2D eigenvalue weighted by molar-refractivity contribution is -0.137. The van der Waals surface area contributed by atoms with Crippen molar-refractivity contribution in [2.75, 3.05) is 0 Å². The maximum Gasteiger partial charge on any atom is 0.416 e. The number of halogens is 3. The lowest BCUT2D eigenvalue weighted by Crippen LogP contribution is -2.04. The number of rotatable bonds is 4. The average molecular weight is 319 g/mol. The van der Waals surface area contributed by atoms with Gasteiger partial charge in [0.05, 0.1) is 5.56 Å². The largest absolute Gasteiger partial charge is 0.478 e. The first-order valence-electron chi connectivity index (χ1n) is 6.57. The van der Waals surface area contributed by atoms with Crippen molar-refractivity contribution in [2.24, 2.45) is 0 Å². The van der Waals surface area contributed by atoms with Crippen molar-refractivity contribution in [3.05, 3.63) is 83.7 Å². The molecule has 0 saturated carbocycles. The first kappa shape index (κ1) is 16.5. The molecule has 0 spiro atoms. The van der Waals surface area contributed by atoms with Crippen LogP contribution < -0.4 is 0 Å². The van der Waals surface area contributed by atoms with Gasteiger partial charge in [0.2, 0.25) is 0 Å². The minimum atomic E-state index is -4.40. The van der Waals surface area contributed by atoms with Gasteiger partial charge in [-0.3, -0.25) is 4.98 Å². The molecule has 0 amide bonds. The van der Waals surface area contributed by atoms with Gasteiger partial charge in [-0.15, -0.1) is 0 Å². The smallest absolute Gasteiger partial charge is 0.416 e. The maximum atomic E-state index is 12.6. The van der Waals surface area contributed by atoms with Crippen molar-refractivity contribution < 1.29 is 23.1 Å². The quantitative estimate of drug-likeness (QED) is 0.679. The molecule has 1 aromatic carbocycles. The summed E-state index contributed by atoms with van der Waals surface area (Å²) in [7, 11) is 0. The molecule has 0 aliphatic heterocycles. The third-order valence-corrected chi connectivity index (χ3v) is 3.00. The van der Waals surface area contributed by atoms with E-state index in [4.69, 9.17) is 5.11 Å². The number of carboxylic acid groups (broad SMARTS) is 1. The number of alkyl halides is 3. The normalized spacial score (nSPS) is 12.6.